The average Bonchev–Trinajstić information content (AvgIpc) is 2.78. The Bertz CT molecular complexity index is 780. The first-order valence-corrected chi connectivity index (χ1v) is 6.23. The van der Waals surface area contributed by atoms with Gasteiger partial charge in [-0.1, -0.05) is 11.6 Å². The minimum atomic E-state index is 0.445. The second kappa shape index (κ2) is 4.24. The summed E-state index contributed by atoms with van der Waals surface area (Å²) in [6, 6.07) is 7.41. The van der Waals surface area contributed by atoms with E-state index in [1.807, 2.05) is 32.0 Å². The summed E-state index contributed by atoms with van der Waals surface area (Å²) in [5, 5.41) is 9.69. The van der Waals surface area contributed by atoms with Crippen LogP contribution in [0.1, 0.15) is 11.1 Å². The lowest BCUT2D eigenvalue weighted by atomic mass is 10.1. The van der Waals surface area contributed by atoms with Gasteiger partial charge in [-0.2, -0.15) is 0 Å². The maximum atomic E-state index is 5.97. The SMILES string of the molecule is Cc1c(N)nnc(-c2cc3cc(Cl)ccc3o2)c1C. The van der Waals surface area contributed by atoms with Gasteiger partial charge in [0, 0.05) is 10.4 Å². The molecule has 19 heavy (non-hydrogen) atoms. The fraction of sp³-hybridized carbons (Fsp3) is 0.143. The van der Waals surface area contributed by atoms with Crippen LogP contribution in [-0.4, -0.2) is 10.2 Å². The fourth-order valence-corrected chi connectivity index (χ4v) is 2.17. The first kappa shape index (κ1) is 12.0. The molecule has 0 aliphatic carbocycles. The standard InChI is InChI=1S/C14H12ClN3O/c1-7-8(2)14(16)18-17-13(7)12-6-9-5-10(15)3-4-11(9)19-12/h3-6H,1-2H3,(H2,16,18). The van der Waals surface area contributed by atoms with Crippen LogP contribution in [0.15, 0.2) is 28.7 Å². The van der Waals surface area contributed by atoms with Gasteiger partial charge in [0.05, 0.1) is 0 Å². The Morgan fingerprint density at radius 2 is 1.89 bits per heavy atom. The van der Waals surface area contributed by atoms with Crippen LogP contribution in [0.4, 0.5) is 5.82 Å². The molecule has 1 aromatic carbocycles. The molecule has 3 aromatic rings. The van der Waals surface area contributed by atoms with Gasteiger partial charge in [0.25, 0.3) is 0 Å². The third-order valence-corrected chi connectivity index (χ3v) is 3.51. The zero-order chi connectivity index (χ0) is 13.6. The number of halogens is 1. The van der Waals surface area contributed by atoms with Crippen LogP contribution >= 0.6 is 11.6 Å². The molecule has 4 nitrogen and oxygen atoms in total. The Hall–Kier alpha value is -2.07. The molecule has 0 aliphatic rings. The molecule has 2 N–H and O–H groups in total. The van der Waals surface area contributed by atoms with Crippen LogP contribution in [0.25, 0.3) is 22.4 Å². The first-order valence-electron chi connectivity index (χ1n) is 5.85. The second-order valence-corrected chi connectivity index (χ2v) is 4.91. The lowest BCUT2D eigenvalue weighted by molar-refractivity contribution is 0.626. The van der Waals surface area contributed by atoms with E-state index in [2.05, 4.69) is 10.2 Å². The summed E-state index contributed by atoms with van der Waals surface area (Å²) >= 11 is 5.97. The minimum absolute atomic E-state index is 0.445. The quantitative estimate of drug-likeness (QED) is 0.733. The zero-order valence-electron chi connectivity index (χ0n) is 10.6. The number of anilines is 1. The third kappa shape index (κ3) is 1.94. The Labute approximate surface area is 115 Å². The lowest BCUT2D eigenvalue weighted by Crippen LogP contribution is -2.01. The molecule has 0 amide bonds. The van der Waals surface area contributed by atoms with Crippen LogP contribution in [0.2, 0.25) is 5.02 Å². The highest BCUT2D eigenvalue weighted by Gasteiger charge is 2.14. The van der Waals surface area contributed by atoms with Gasteiger partial charge in [0.15, 0.2) is 5.76 Å². The summed E-state index contributed by atoms with van der Waals surface area (Å²) in [5.41, 5.74) is 9.11. The van der Waals surface area contributed by atoms with Gasteiger partial charge in [0.2, 0.25) is 0 Å². The van der Waals surface area contributed by atoms with Crippen molar-refractivity contribution in [1.29, 1.82) is 0 Å². The normalized spacial score (nSPS) is 11.1. The molecular formula is C14H12ClN3O. The number of nitrogens with two attached hydrogens (primary N) is 1. The summed E-state index contributed by atoms with van der Waals surface area (Å²) < 4.78 is 5.78. The number of aromatic nitrogens is 2. The van der Waals surface area contributed by atoms with Crippen molar-refractivity contribution in [2.24, 2.45) is 0 Å². The Kier molecular flexibility index (Phi) is 2.68. The summed E-state index contributed by atoms with van der Waals surface area (Å²) in [6.45, 7) is 3.87. The molecule has 2 aromatic heterocycles. The van der Waals surface area contributed by atoms with Crippen molar-refractivity contribution in [2.75, 3.05) is 5.73 Å². The topological polar surface area (TPSA) is 64.9 Å². The number of rotatable bonds is 1. The van der Waals surface area contributed by atoms with E-state index in [1.165, 1.54) is 0 Å². The lowest BCUT2D eigenvalue weighted by Gasteiger charge is -2.05. The van der Waals surface area contributed by atoms with Gasteiger partial charge < -0.3 is 10.2 Å². The van der Waals surface area contributed by atoms with Crippen LogP contribution in [0.5, 0.6) is 0 Å². The van der Waals surface area contributed by atoms with Gasteiger partial charge in [-0.15, -0.1) is 10.2 Å². The molecule has 0 unspecified atom stereocenters. The Morgan fingerprint density at radius 3 is 2.68 bits per heavy atom. The molecule has 96 valence electrons. The van der Waals surface area contributed by atoms with Crippen LogP contribution in [0.3, 0.4) is 0 Å². The van der Waals surface area contributed by atoms with E-state index in [0.717, 1.165) is 22.1 Å². The average molecular weight is 274 g/mol. The number of nitrogen functional groups attached to an aromatic ring is 1. The molecule has 0 spiro atoms. The number of furan rings is 1. The Balaban J connectivity index is 2.22. The molecule has 0 aliphatic heterocycles. The van der Waals surface area contributed by atoms with Crippen LogP contribution in [0, 0.1) is 13.8 Å². The summed E-state index contributed by atoms with van der Waals surface area (Å²) in [6.07, 6.45) is 0. The first-order chi connectivity index (χ1) is 9.06. The van der Waals surface area contributed by atoms with E-state index in [-0.39, 0.29) is 0 Å². The molecule has 3 rings (SSSR count). The van der Waals surface area contributed by atoms with Crippen molar-refractivity contribution in [3.05, 3.63) is 40.4 Å². The van der Waals surface area contributed by atoms with E-state index in [4.69, 9.17) is 21.8 Å². The highest BCUT2D eigenvalue weighted by Crippen LogP contribution is 2.31. The van der Waals surface area contributed by atoms with Crippen molar-refractivity contribution in [3.63, 3.8) is 0 Å². The van der Waals surface area contributed by atoms with E-state index in [1.54, 1.807) is 6.07 Å². The molecule has 0 fully saturated rings. The van der Waals surface area contributed by atoms with Gasteiger partial charge in [-0.05, 0) is 49.2 Å². The van der Waals surface area contributed by atoms with Crippen molar-refractivity contribution >= 4 is 28.4 Å². The van der Waals surface area contributed by atoms with Crippen molar-refractivity contribution in [3.8, 4) is 11.5 Å². The molecule has 2 heterocycles. The monoisotopic (exact) mass is 273 g/mol. The predicted octanol–water partition coefficient (Wildman–Crippen LogP) is 3.74. The molecular weight excluding hydrogens is 262 g/mol. The zero-order valence-corrected chi connectivity index (χ0v) is 11.3. The number of hydrogen-bond acceptors (Lipinski definition) is 4. The maximum absolute atomic E-state index is 5.97. The Morgan fingerprint density at radius 1 is 1.11 bits per heavy atom. The molecule has 0 atom stereocenters. The van der Waals surface area contributed by atoms with Gasteiger partial charge in [-0.3, -0.25) is 0 Å². The number of hydrogen-bond donors (Lipinski definition) is 1. The van der Waals surface area contributed by atoms with Gasteiger partial charge in [-0.25, -0.2) is 0 Å². The van der Waals surface area contributed by atoms with Crippen LogP contribution in [-0.2, 0) is 0 Å². The third-order valence-electron chi connectivity index (χ3n) is 3.27. The predicted molar refractivity (Wildman–Crippen MR) is 76.1 cm³/mol. The number of benzene rings is 1. The van der Waals surface area contributed by atoms with E-state index >= 15 is 0 Å². The summed E-state index contributed by atoms with van der Waals surface area (Å²) in [5.74, 6) is 1.12. The maximum Gasteiger partial charge on any atom is 0.155 e. The van der Waals surface area contributed by atoms with Crippen molar-refractivity contribution in [2.45, 2.75) is 13.8 Å². The highest BCUT2D eigenvalue weighted by atomic mass is 35.5. The van der Waals surface area contributed by atoms with Crippen molar-refractivity contribution in [1.82, 2.24) is 10.2 Å². The van der Waals surface area contributed by atoms with Crippen molar-refractivity contribution < 1.29 is 4.42 Å². The van der Waals surface area contributed by atoms with E-state index < -0.39 is 0 Å². The fourth-order valence-electron chi connectivity index (χ4n) is 1.99. The second-order valence-electron chi connectivity index (χ2n) is 4.48. The number of fused-ring (bicyclic) bond motifs is 1. The molecule has 0 radical (unpaired) electrons. The summed E-state index contributed by atoms with van der Waals surface area (Å²) in [7, 11) is 0. The summed E-state index contributed by atoms with van der Waals surface area (Å²) in [4.78, 5) is 0. The van der Waals surface area contributed by atoms with Gasteiger partial charge in [0.1, 0.15) is 17.1 Å². The number of nitrogens with zero attached hydrogens (tertiary/aromatic N) is 2. The molecule has 0 bridgehead atoms. The minimum Gasteiger partial charge on any atom is -0.454 e. The molecule has 5 heteroatoms. The van der Waals surface area contributed by atoms with E-state index in [9.17, 15) is 0 Å². The molecule has 0 saturated carbocycles. The smallest absolute Gasteiger partial charge is 0.155 e. The largest absolute Gasteiger partial charge is 0.454 e. The highest BCUT2D eigenvalue weighted by molar-refractivity contribution is 6.31. The van der Waals surface area contributed by atoms with E-state index in [0.29, 0.717) is 22.3 Å². The van der Waals surface area contributed by atoms with Crippen LogP contribution < -0.4 is 5.73 Å². The molecule has 0 saturated heterocycles. The van der Waals surface area contributed by atoms with Gasteiger partial charge >= 0.3 is 0 Å².